The van der Waals surface area contributed by atoms with E-state index < -0.39 is 0 Å². The second-order valence-electron chi connectivity index (χ2n) is 7.49. The topological polar surface area (TPSA) is 37.0 Å². The molecular formula is C23H26N2OS2. The standard InChI is InChI=1S/C23H26N2OS2/c1-2-6-17(7-3-1)16-26-13-12-24-20-10-11-23(27-14-15-28-23)22-21(20)18-8-4-5-9-19(18)25-22/h1-9,20,24-25H,10-16H2. The van der Waals surface area contributed by atoms with E-state index >= 15 is 0 Å². The predicted octanol–water partition coefficient (Wildman–Crippen LogP) is 5.44. The zero-order valence-corrected chi connectivity index (χ0v) is 17.6. The molecule has 1 aliphatic carbocycles. The molecule has 0 bridgehead atoms. The maximum atomic E-state index is 5.88. The zero-order chi connectivity index (χ0) is 18.8. The molecule has 146 valence electrons. The molecule has 1 aliphatic heterocycles. The highest BCUT2D eigenvalue weighted by Crippen LogP contribution is 2.60. The second kappa shape index (κ2) is 8.15. The van der Waals surface area contributed by atoms with Crippen molar-refractivity contribution in [3.63, 3.8) is 0 Å². The molecule has 5 heteroatoms. The lowest BCUT2D eigenvalue weighted by Crippen LogP contribution is -2.33. The van der Waals surface area contributed by atoms with Crippen molar-refractivity contribution in [3.8, 4) is 0 Å². The summed E-state index contributed by atoms with van der Waals surface area (Å²) < 4.78 is 6.11. The van der Waals surface area contributed by atoms with Crippen molar-refractivity contribution in [2.45, 2.75) is 29.6 Å². The van der Waals surface area contributed by atoms with Gasteiger partial charge in [0, 0.05) is 40.7 Å². The maximum Gasteiger partial charge on any atom is 0.101 e. The van der Waals surface area contributed by atoms with Gasteiger partial charge in [0.15, 0.2) is 0 Å². The summed E-state index contributed by atoms with van der Waals surface area (Å²) in [7, 11) is 0. The third kappa shape index (κ3) is 3.50. The smallest absolute Gasteiger partial charge is 0.101 e. The van der Waals surface area contributed by atoms with Crippen LogP contribution in [-0.2, 0) is 15.4 Å². The average molecular weight is 411 g/mol. The first-order valence-electron chi connectivity index (χ1n) is 10.1. The minimum Gasteiger partial charge on any atom is -0.375 e. The molecule has 2 aromatic carbocycles. The third-order valence-corrected chi connectivity index (χ3v) is 9.27. The second-order valence-corrected chi connectivity index (χ2v) is 10.5. The minimum absolute atomic E-state index is 0.232. The van der Waals surface area contributed by atoms with E-state index in [-0.39, 0.29) is 4.08 Å². The lowest BCUT2D eigenvalue weighted by Gasteiger charge is -2.36. The molecule has 2 N–H and O–H groups in total. The largest absolute Gasteiger partial charge is 0.375 e. The molecule has 28 heavy (non-hydrogen) atoms. The van der Waals surface area contributed by atoms with Gasteiger partial charge in [0.1, 0.15) is 4.08 Å². The highest BCUT2D eigenvalue weighted by atomic mass is 32.2. The number of rotatable bonds is 6. The Balaban J connectivity index is 1.29. The van der Waals surface area contributed by atoms with E-state index in [9.17, 15) is 0 Å². The Labute approximate surface area is 175 Å². The van der Waals surface area contributed by atoms with Gasteiger partial charge < -0.3 is 15.0 Å². The number of nitrogens with one attached hydrogen (secondary N) is 2. The van der Waals surface area contributed by atoms with Gasteiger partial charge >= 0.3 is 0 Å². The van der Waals surface area contributed by atoms with E-state index in [0.29, 0.717) is 12.6 Å². The van der Waals surface area contributed by atoms with E-state index in [2.05, 4.69) is 82.4 Å². The van der Waals surface area contributed by atoms with Gasteiger partial charge in [-0.1, -0.05) is 48.5 Å². The van der Waals surface area contributed by atoms with Crippen molar-refractivity contribution in [2.24, 2.45) is 0 Å². The molecule has 0 saturated carbocycles. The monoisotopic (exact) mass is 410 g/mol. The van der Waals surface area contributed by atoms with Crippen LogP contribution in [0.1, 0.15) is 35.7 Å². The molecular weight excluding hydrogens is 384 g/mol. The van der Waals surface area contributed by atoms with E-state index in [0.717, 1.165) is 13.2 Å². The molecule has 0 radical (unpaired) electrons. The molecule has 1 spiro atoms. The number of aromatic nitrogens is 1. The first-order valence-corrected chi connectivity index (χ1v) is 12.1. The van der Waals surface area contributed by atoms with Crippen LogP contribution in [0.5, 0.6) is 0 Å². The van der Waals surface area contributed by atoms with Crippen LogP contribution < -0.4 is 5.32 Å². The molecule has 2 aliphatic rings. The summed E-state index contributed by atoms with van der Waals surface area (Å²) in [6.07, 6.45) is 2.41. The fraction of sp³-hybridized carbons (Fsp3) is 0.391. The number of H-pyrrole nitrogens is 1. The van der Waals surface area contributed by atoms with E-state index in [4.69, 9.17) is 4.74 Å². The van der Waals surface area contributed by atoms with Crippen LogP contribution in [0.2, 0.25) is 0 Å². The number of thioether (sulfide) groups is 2. The van der Waals surface area contributed by atoms with Gasteiger partial charge in [0.05, 0.1) is 13.2 Å². The van der Waals surface area contributed by atoms with Crippen LogP contribution in [0.4, 0.5) is 0 Å². The first-order chi connectivity index (χ1) is 13.9. The molecule has 1 aromatic heterocycles. The number of hydrogen-bond acceptors (Lipinski definition) is 4. The van der Waals surface area contributed by atoms with Crippen LogP contribution >= 0.6 is 23.5 Å². The molecule has 0 amide bonds. The lowest BCUT2D eigenvalue weighted by atomic mass is 9.90. The minimum atomic E-state index is 0.232. The van der Waals surface area contributed by atoms with Crippen LogP contribution in [0.3, 0.4) is 0 Å². The Morgan fingerprint density at radius 3 is 2.68 bits per heavy atom. The fourth-order valence-electron chi connectivity index (χ4n) is 4.45. The van der Waals surface area contributed by atoms with Crippen LogP contribution in [0, 0.1) is 0 Å². The fourth-order valence-corrected chi connectivity index (χ4v) is 7.74. The maximum absolute atomic E-state index is 5.88. The van der Waals surface area contributed by atoms with Crippen LogP contribution in [0.15, 0.2) is 54.6 Å². The summed E-state index contributed by atoms with van der Waals surface area (Å²) in [6.45, 7) is 2.30. The molecule has 5 rings (SSSR count). The number of aromatic amines is 1. The molecule has 3 aromatic rings. The predicted molar refractivity (Wildman–Crippen MR) is 121 cm³/mol. The van der Waals surface area contributed by atoms with Crippen molar-refractivity contribution < 1.29 is 4.74 Å². The summed E-state index contributed by atoms with van der Waals surface area (Å²) in [5, 5.41) is 5.17. The summed E-state index contributed by atoms with van der Waals surface area (Å²) in [5.74, 6) is 2.51. The molecule has 1 unspecified atom stereocenters. The number of hydrogen-bond donors (Lipinski definition) is 2. The van der Waals surface area contributed by atoms with Crippen molar-refractivity contribution in [1.29, 1.82) is 0 Å². The first kappa shape index (κ1) is 18.6. The molecule has 1 fully saturated rings. The number of benzene rings is 2. The molecule has 2 heterocycles. The summed E-state index contributed by atoms with van der Waals surface area (Å²) in [6, 6.07) is 19.6. The Morgan fingerprint density at radius 2 is 1.82 bits per heavy atom. The van der Waals surface area contributed by atoms with Gasteiger partial charge in [-0.15, -0.1) is 23.5 Å². The van der Waals surface area contributed by atoms with Crippen molar-refractivity contribution in [1.82, 2.24) is 10.3 Å². The zero-order valence-electron chi connectivity index (χ0n) is 15.9. The van der Waals surface area contributed by atoms with Gasteiger partial charge in [-0.2, -0.15) is 0 Å². The Bertz CT molecular complexity index is 934. The van der Waals surface area contributed by atoms with Gasteiger partial charge in [0.25, 0.3) is 0 Å². The SMILES string of the molecule is c1ccc(COCCNC2CCC3(SCCS3)c3[nH]c4ccccc4c32)cc1. The Kier molecular flexibility index (Phi) is 5.42. The van der Waals surface area contributed by atoms with Crippen LogP contribution in [-0.4, -0.2) is 29.6 Å². The summed E-state index contributed by atoms with van der Waals surface area (Å²) in [5.41, 5.74) is 5.45. The number of para-hydroxylation sites is 1. The molecule has 1 saturated heterocycles. The Hall–Kier alpha value is -1.40. The summed E-state index contributed by atoms with van der Waals surface area (Å²) in [4.78, 5) is 3.79. The van der Waals surface area contributed by atoms with Crippen molar-refractivity contribution in [3.05, 3.63) is 71.4 Å². The average Bonchev–Trinajstić information content (AvgIpc) is 3.36. The van der Waals surface area contributed by atoms with Crippen molar-refractivity contribution >= 4 is 34.4 Å². The van der Waals surface area contributed by atoms with Gasteiger partial charge in [-0.05, 0) is 30.0 Å². The summed E-state index contributed by atoms with van der Waals surface area (Å²) >= 11 is 4.27. The number of ether oxygens (including phenoxy) is 1. The van der Waals surface area contributed by atoms with Gasteiger partial charge in [-0.25, -0.2) is 0 Å². The van der Waals surface area contributed by atoms with Gasteiger partial charge in [0.2, 0.25) is 0 Å². The van der Waals surface area contributed by atoms with Gasteiger partial charge in [-0.3, -0.25) is 0 Å². The normalized spacial score (nSPS) is 20.6. The van der Waals surface area contributed by atoms with E-state index in [1.165, 1.54) is 52.1 Å². The quantitative estimate of drug-likeness (QED) is 0.531. The highest BCUT2D eigenvalue weighted by Gasteiger charge is 2.45. The highest BCUT2D eigenvalue weighted by molar-refractivity contribution is 8.20. The number of fused-ring (bicyclic) bond motifs is 4. The van der Waals surface area contributed by atoms with E-state index in [1.54, 1.807) is 0 Å². The molecule has 1 atom stereocenters. The third-order valence-electron chi connectivity index (χ3n) is 5.74. The van der Waals surface area contributed by atoms with Crippen LogP contribution in [0.25, 0.3) is 10.9 Å². The van der Waals surface area contributed by atoms with E-state index in [1.807, 2.05) is 6.07 Å². The molecule has 3 nitrogen and oxygen atoms in total. The Morgan fingerprint density at radius 1 is 1.04 bits per heavy atom. The lowest BCUT2D eigenvalue weighted by molar-refractivity contribution is 0.120. The van der Waals surface area contributed by atoms with Crippen molar-refractivity contribution in [2.75, 3.05) is 24.7 Å².